The molecule has 2 rings (SSSR count). The standard InChI is InChI=1S/C16H22N2O2S2/c1-10-8-21-16(17-10)22-9-15(19)14-6-11(2)18(13(14)4)12(3)7-20-5/h6,8,12H,7,9H2,1-5H3/t12-/m0/s1. The Morgan fingerprint density at radius 3 is 2.77 bits per heavy atom. The second kappa shape index (κ2) is 7.44. The first kappa shape index (κ1) is 17.2. The summed E-state index contributed by atoms with van der Waals surface area (Å²) in [6, 6.07) is 2.21. The number of thioether (sulfide) groups is 1. The predicted octanol–water partition coefficient (Wildman–Crippen LogP) is 4.05. The number of hydrogen-bond acceptors (Lipinski definition) is 5. The Balaban J connectivity index is 2.11. The molecule has 22 heavy (non-hydrogen) atoms. The maximum Gasteiger partial charge on any atom is 0.174 e. The first-order valence-corrected chi connectivity index (χ1v) is 9.06. The smallest absolute Gasteiger partial charge is 0.174 e. The summed E-state index contributed by atoms with van der Waals surface area (Å²) in [5.41, 5.74) is 3.93. The van der Waals surface area contributed by atoms with Crippen LogP contribution in [0.2, 0.25) is 0 Å². The van der Waals surface area contributed by atoms with Crippen LogP contribution >= 0.6 is 23.1 Å². The van der Waals surface area contributed by atoms with E-state index in [1.54, 1.807) is 18.4 Å². The van der Waals surface area contributed by atoms with Crippen molar-refractivity contribution in [2.24, 2.45) is 0 Å². The lowest BCUT2D eigenvalue weighted by Gasteiger charge is -2.17. The highest BCUT2D eigenvalue weighted by Crippen LogP contribution is 2.26. The zero-order valence-corrected chi connectivity index (χ0v) is 15.3. The number of methoxy groups -OCH3 is 1. The number of thiazole rings is 1. The van der Waals surface area contributed by atoms with Crippen molar-refractivity contribution in [3.63, 3.8) is 0 Å². The topological polar surface area (TPSA) is 44.1 Å². The van der Waals surface area contributed by atoms with Crippen LogP contribution in [-0.2, 0) is 4.74 Å². The minimum absolute atomic E-state index is 0.154. The van der Waals surface area contributed by atoms with Gasteiger partial charge >= 0.3 is 0 Å². The zero-order chi connectivity index (χ0) is 16.3. The van der Waals surface area contributed by atoms with Gasteiger partial charge in [-0.3, -0.25) is 4.79 Å². The van der Waals surface area contributed by atoms with Crippen molar-refractivity contribution in [1.82, 2.24) is 9.55 Å². The number of aryl methyl sites for hydroxylation is 2. The molecule has 2 aromatic rings. The lowest BCUT2D eigenvalue weighted by atomic mass is 10.2. The van der Waals surface area contributed by atoms with Gasteiger partial charge in [-0.2, -0.15) is 0 Å². The van der Waals surface area contributed by atoms with E-state index < -0.39 is 0 Å². The molecule has 0 fully saturated rings. The number of rotatable bonds is 7. The Morgan fingerprint density at radius 2 is 2.18 bits per heavy atom. The molecule has 2 aromatic heterocycles. The molecule has 0 aliphatic heterocycles. The average Bonchev–Trinajstić information content (AvgIpc) is 3.00. The summed E-state index contributed by atoms with van der Waals surface area (Å²) in [6.45, 7) is 8.74. The van der Waals surface area contributed by atoms with E-state index in [0.29, 0.717) is 12.4 Å². The number of Topliss-reactive ketones (excluding diaryl/α,β-unsaturated/α-hetero) is 1. The van der Waals surface area contributed by atoms with Crippen LogP contribution in [0.5, 0.6) is 0 Å². The van der Waals surface area contributed by atoms with Gasteiger partial charge in [-0.1, -0.05) is 11.8 Å². The van der Waals surface area contributed by atoms with Gasteiger partial charge in [-0.05, 0) is 33.8 Å². The van der Waals surface area contributed by atoms with E-state index in [-0.39, 0.29) is 11.8 Å². The molecule has 0 spiro atoms. The molecule has 0 amide bonds. The molecule has 0 radical (unpaired) electrons. The first-order valence-electron chi connectivity index (χ1n) is 7.19. The second-order valence-corrected chi connectivity index (χ2v) is 7.51. The monoisotopic (exact) mass is 338 g/mol. The third-order valence-corrected chi connectivity index (χ3v) is 5.70. The van der Waals surface area contributed by atoms with Gasteiger partial charge in [0.15, 0.2) is 10.1 Å². The van der Waals surface area contributed by atoms with Crippen molar-refractivity contribution in [3.05, 3.63) is 34.1 Å². The maximum atomic E-state index is 12.5. The number of aromatic nitrogens is 2. The van der Waals surface area contributed by atoms with Gasteiger partial charge in [-0.25, -0.2) is 4.98 Å². The largest absolute Gasteiger partial charge is 0.383 e. The van der Waals surface area contributed by atoms with Crippen molar-refractivity contribution >= 4 is 28.9 Å². The molecule has 0 unspecified atom stereocenters. The van der Waals surface area contributed by atoms with E-state index in [4.69, 9.17) is 4.74 Å². The number of ether oxygens (including phenoxy) is 1. The van der Waals surface area contributed by atoms with Crippen LogP contribution in [-0.4, -0.2) is 34.8 Å². The number of nitrogens with zero attached hydrogens (tertiary/aromatic N) is 2. The lowest BCUT2D eigenvalue weighted by Crippen LogP contribution is -2.14. The lowest BCUT2D eigenvalue weighted by molar-refractivity contribution is 0.102. The molecule has 4 nitrogen and oxygen atoms in total. The molecule has 0 bridgehead atoms. The van der Waals surface area contributed by atoms with Crippen LogP contribution in [0.25, 0.3) is 0 Å². The van der Waals surface area contributed by atoms with Crippen LogP contribution in [0, 0.1) is 20.8 Å². The van der Waals surface area contributed by atoms with Gasteiger partial charge in [0, 0.05) is 35.1 Å². The van der Waals surface area contributed by atoms with Crippen molar-refractivity contribution in [3.8, 4) is 0 Å². The fourth-order valence-corrected chi connectivity index (χ4v) is 4.39. The molecule has 0 saturated heterocycles. The molecule has 0 aromatic carbocycles. The fourth-order valence-electron chi connectivity index (χ4n) is 2.66. The van der Waals surface area contributed by atoms with E-state index in [0.717, 1.165) is 27.0 Å². The van der Waals surface area contributed by atoms with Crippen LogP contribution in [0.4, 0.5) is 0 Å². The minimum Gasteiger partial charge on any atom is -0.383 e. The summed E-state index contributed by atoms with van der Waals surface area (Å²) < 4.78 is 8.36. The van der Waals surface area contributed by atoms with E-state index in [1.165, 1.54) is 11.8 Å². The number of carbonyl (C=O) groups excluding carboxylic acids is 1. The number of hydrogen-bond donors (Lipinski definition) is 0. The Morgan fingerprint density at radius 1 is 1.45 bits per heavy atom. The van der Waals surface area contributed by atoms with Crippen molar-refractivity contribution in [1.29, 1.82) is 0 Å². The minimum atomic E-state index is 0.154. The summed E-state index contributed by atoms with van der Waals surface area (Å²) in [6.07, 6.45) is 0. The molecule has 1 atom stereocenters. The SMILES string of the molecule is COC[C@H](C)n1c(C)cc(C(=O)CSc2nc(C)cs2)c1C. The summed E-state index contributed by atoms with van der Waals surface area (Å²) in [4.78, 5) is 16.9. The predicted molar refractivity (Wildman–Crippen MR) is 92.4 cm³/mol. The van der Waals surface area contributed by atoms with E-state index in [9.17, 15) is 4.79 Å². The van der Waals surface area contributed by atoms with Gasteiger partial charge in [0.1, 0.15) is 0 Å². The van der Waals surface area contributed by atoms with Crippen LogP contribution in [0.1, 0.15) is 40.4 Å². The van der Waals surface area contributed by atoms with E-state index >= 15 is 0 Å². The summed E-state index contributed by atoms with van der Waals surface area (Å²) in [5, 5.41) is 2.01. The molecule has 0 aliphatic carbocycles. The van der Waals surface area contributed by atoms with E-state index in [2.05, 4.69) is 16.5 Å². The van der Waals surface area contributed by atoms with Crippen molar-refractivity contribution in [2.45, 2.75) is 38.1 Å². The van der Waals surface area contributed by atoms with Gasteiger partial charge in [-0.15, -0.1) is 11.3 Å². The fraction of sp³-hybridized carbons (Fsp3) is 0.500. The van der Waals surface area contributed by atoms with Crippen molar-refractivity contribution < 1.29 is 9.53 Å². The molecule has 0 aliphatic rings. The summed E-state index contributed by atoms with van der Waals surface area (Å²) in [5.74, 6) is 0.581. The Labute approximate surface area is 139 Å². The molecular weight excluding hydrogens is 316 g/mol. The van der Waals surface area contributed by atoms with Crippen LogP contribution in [0.3, 0.4) is 0 Å². The highest BCUT2D eigenvalue weighted by atomic mass is 32.2. The van der Waals surface area contributed by atoms with Crippen molar-refractivity contribution in [2.75, 3.05) is 19.5 Å². The Kier molecular flexibility index (Phi) is 5.83. The molecule has 2 heterocycles. The molecule has 0 saturated carbocycles. The average molecular weight is 338 g/mol. The third-order valence-electron chi connectivity index (χ3n) is 3.56. The first-order chi connectivity index (χ1) is 10.4. The summed E-state index contributed by atoms with van der Waals surface area (Å²) >= 11 is 3.10. The van der Waals surface area contributed by atoms with Crippen LogP contribution < -0.4 is 0 Å². The second-order valence-electron chi connectivity index (χ2n) is 5.43. The Bertz CT molecular complexity index is 661. The molecule has 120 valence electrons. The Hall–Kier alpha value is -1.11. The molecular formula is C16H22N2O2S2. The third kappa shape index (κ3) is 3.80. The number of carbonyl (C=O) groups is 1. The van der Waals surface area contributed by atoms with E-state index in [1.807, 2.05) is 32.2 Å². The zero-order valence-electron chi connectivity index (χ0n) is 13.7. The highest BCUT2D eigenvalue weighted by molar-refractivity contribution is 8.01. The quantitative estimate of drug-likeness (QED) is 0.564. The normalized spacial score (nSPS) is 12.6. The van der Waals surface area contributed by atoms with Gasteiger partial charge in [0.25, 0.3) is 0 Å². The van der Waals surface area contributed by atoms with Gasteiger partial charge < -0.3 is 9.30 Å². The van der Waals surface area contributed by atoms with Crippen LogP contribution in [0.15, 0.2) is 15.8 Å². The molecule has 6 heteroatoms. The van der Waals surface area contributed by atoms with Gasteiger partial charge in [0.2, 0.25) is 0 Å². The van der Waals surface area contributed by atoms with Gasteiger partial charge in [0.05, 0.1) is 18.4 Å². The maximum absolute atomic E-state index is 12.5. The molecule has 0 N–H and O–H groups in total. The highest BCUT2D eigenvalue weighted by Gasteiger charge is 2.19. The summed E-state index contributed by atoms with van der Waals surface area (Å²) in [7, 11) is 1.70. The number of ketones is 1.